The Morgan fingerprint density at radius 1 is 1.23 bits per heavy atom. The van der Waals surface area contributed by atoms with E-state index in [1.807, 2.05) is 26.0 Å². The van der Waals surface area contributed by atoms with E-state index in [-0.39, 0.29) is 34.9 Å². The highest BCUT2D eigenvalue weighted by molar-refractivity contribution is 6.04. The van der Waals surface area contributed by atoms with Gasteiger partial charge in [-0.25, -0.2) is 0 Å². The average molecular weight is 298 g/mol. The molecular formula is C19H22O3. The van der Waals surface area contributed by atoms with Gasteiger partial charge in [-0.3, -0.25) is 9.59 Å². The predicted molar refractivity (Wildman–Crippen MR) is 85.0 cm³/mol. The highest BCUT2D eigenvalue weighted by atomic mass is 16.5. The van der Waals surface area contributed by atoms with Crippen molar-refractivity contribution in [1.29, 1.82) is 0 Å². The molecule has 116 valence electrons. The molecule has 0 aromatic heterocycles. The Balaban J connectivity index is 2.12. The maximum Gasteiger partial charge on any atom is 0.181 e. The smallest absolute Gasteiger partial charge is 0.181 e. The number of hydrogen-bond donors (Lipinski definition) is 0. The van der Waals surface area contributed by atoms with Crippen molar-refractivity contribution in [1.82, 2.24) is 0 Å². The van der Waals surface area contributed by atoms with Crippen molar-refractivity contribution in [3.05, 3.63) is 47.3 Å². The molecular weight excluding hydrogens is 276 g/mol. The topological polar surface area (TPSA) is 43.4 Å². The summed E-state index contributed by atoms with van der Waals surface area (Å²) in [5.74, 6) is 0.732. The lowest BCUT2D eigenvalue weighted by atomic mass is 9.83. The largest absolute Gasteiger partial charge is 0.493 e. The molecule has 2 heterocycles. The van der Waals surface area contributed by atoms with Gasteiger partial charge in [0.2, 0.25) is 0 Å². The zero-order valence-electron chi connectivity index (χ0n) is 13.6. The minimum atomic E-state index is -0.270. The van der Waals surface area contributed by atoms with Crippen LogP contribution in [0.25, 0.3) is 0 Å². The highest BCUT2D eigenvalue weighted by Gasteiger charge is 2.43. The van der Waals surface area contributed by atoms with Gasteiger partial charge in [-0.1, -0.05) is 39.0 Å². The Morgan fingerprint density at radius 3 is 2.68 bits per heavy atom. The number of carbonyl (C=O) groups excluding carboxylic acids is 2. The number of carbonyl (C=O) groups is 2. The molecule has 3 heteroatoms. The van der Waals surface area contributed by atoms with Gasteiger partial charge in [-0.05, 0) is 29.6 Å². The quantitative estimate of drug-likeness (QED) is 0.687. The van der Waals surface area contributed by atoms with Crippen LogP contribution in [-0.4, -0.2) is 17.7 Å². The maximum absolute atomic E-state index is 12.6. The molecule has 0 spiro atoms. The van der Waals surface area contributed by atoms with Crippen molar-refractivity contribution in [2.24, 2.45) is 17.3 Å². The number of allylic oxidation sites excluding steroid dienone is 6. The lowest BCUT2D eigenvalue weighted by Gasteiger charge is -2.33. The summed E-state index contributed by atoms with van der Waals surface area (Å²) in [5, 5.41) is 0. The SMILES string of the molecule is C/C1=C\C2=C[C@H](C)[C@H]3OC(=CC(=O)C23)CC(C)(C)/C=C/C1=O. The lowest BCUT2D eigenvalue weighted by Crippen LogP contribution is -2.35. The minimum Gasteiger partial charge on any atom is -0.493 e. The molecule has 0 aromatic carbocycles. The van der Waals surface area contributed by atoms with Gasteiger partial charge in [0.15, 0.2) is 11.6 Å². The monoisotopic (exact) mass is 298 g/mol. The molecule has 4 aliphatic rings. The van der Waals surface area contributed by atoms with Crippen molar-refractivity contribution in [3.63, 3.8) is 0 Å². The van der Waals surface area contributed by atoms with Crippen LogP contribution in [0.15, 0.2) is 47.3 Å². The molecule has 2 aliphatic heterocycles. The standard InChI is InChI=1S/C19H22O3/c1-11-7-13-8-12(2)18-17(13)16(21)9-14(22-18)10-19(3,4)6-5-15(11)20/h5-9,12,17-18H,10H2,1-4H3/b6-5+,11-7+/t12-,17?,18+/m0/s1. The van der Waals surface area contributed by atoms with Crippen LogP contribution in [0.3, 0.4) is 0 Å². The van der Waals surface area contributed by atoms with E-state index in [0.717, 1.165) is 11.3 Å². The van der Waals surface area contributed by atoms with Crippen molar-refractivity contribution in [2.75, 3.05) is 0 Å². The Kier molecular flexibility index (Phi) is 3.47. The van der Waals surface area contributed by atoms with Crippen molar-refractivity contribution >= 4 is 11.6 Å². The Bertz CT molecular complexity index is 658. The van der Waals surface area contributed by atoms with E-state index >= 15 is 0 Å². The van der Waals surface area contributed by atoms with Crippen molar-refractivity contribution < 1.29 is 14.3 Å². The second-order valence-electron chi connectivity index (χ2n) is 7.29. The van der Waals surface area contributed by atoms with Gasteiger partial charge in [-0.2, -0.15) is 0 Å². The fourth-order valence-electron chi connectivity index (χ4n) is 3.45. The van der Waals surface area contributed by atoms with E-state index in [0.29, 0.717) is 12.0 Å². The van der Waals surface area contributed by atoms with Gasteiger partial charge >= 0.3 is 0 Å². The summed E-state index contributed by atoms with van der Waals surface area (Å²) in [6.45, 7) is 7.96. The molecule has 0 saturated carbocycles. The lowest BCUT2D eigenvalue weighted by molar-refractivity contribution is -0.123. The first-order valence-corrected chi connectivity index (χ1v) is 7.81. The molecule has 0 aromatic rings. The Labute approximate surface area is 131 Å². The van der Waals surface area contributed by atoms with Gasteiger partial charge in [0, 0.05) is 18.4 Å². The first-order chi connectivity index (χ1) is 10.3. The van der Waals surface area contributed by atoms with Gasteiger partial charge < -0.3 is 4.74 Å². The summed E-state index contributed by atoms with van der Waals surface area (Å²) in [6.07, 6.45) is 9.59. The molecule has 22 heavy (non-hydrogen) atoms. The normalized spacial score (nSPS) is 37.3. The van der Waals surface area contributed by atoms with E-state index in [1.165, 1.54) is 0 Å². The summed E-state index contributed by atoms with van der Waals surface area (Å²) in [5.41, 5.74) is 1.35. The molecule has 2 aliphatic carbocycles. The first kappa shape index (κ1) is 15.0. The van der Waals surface area contributed by atoms with Crippen LogP contribution >= 0.6 is 0 Å². The third kappa shape index (κ3) is 2.60. The minimum absolute atomic E-state index is 0.00359. The molecule has 3 atom stereocenters. The predicted octanol–water partition coefficient (Wildman–Crippen LogP) is 3.53. The van der Waals surface area contributed by atoms with Gasteiger partial charge in [0.1, 0.15) is 11.9 Å². The van der Waals surface area contributed by atoms with E-state index in [4.69, 9.17) is 4.74 Å². The second kappa shape index (κ2) is 5.08. The highest BCUT2D eigenvalue weighted by Crippen LogP contribution is 2.42. The molecule has 1 unspecified atom stereocenters. The first-order valence-electron chi connectivity index (χ1n) is 7.81. The number of ketones is 2. The molecule has 0 radical (unpaired) electrons. The number of ether oxygens (including phenoxy) is 1. The molecule has 0 N–H and O–H groups in total. The summed E-state index contributed by atoms with van der Waals surface area (Å²) in [4.78, 5) is 24.8. The molecule has 0 fully saturated rings. The van der Waals surface area contributed by atoms with Crippen LogP contribution in [0, 0.1) is 17.3 Å². The third-order valence-corrected chi connectivity index (χ3v) is 4.65. The van der Waals surface area contributed by atoms with Crippen LogP contribution in [0.2, 0.25) is 0 Å². The van der Waals surface area contributed by atoms with Crippen molar-refractivity contribution in [2.45, 2.75) is 40.2 Å². The molecule has 4 bridgehead atoms. The number of hydrogen-bond acceptors (Lipinski definition) is 3. The average Bonchev–Trinajstić information content (AvgIpc) is 2.71. The summed E-state index contributed by atoms with van der Waals surface area (Å²) in [7, 11) is 0. The Morgan fingerprint density at radius 2 is 1.95 bits per heavy atom. The van der Waals surface area contributed by atoms with Crippen LogP contribution < -0.4 is 0 Å². The van der Waals surface area contributed by atoms with Crippen LogP contribution in [0.1, 0.15) is 34.1 Å². The summed E-state index contributed by atoms with van der Waals surface area (Å²) < 4.78 is 6.13. The third-order valence-electron chi connectivity index (χ3n) is 4.65. The van der Waals surface area contributed by atoms with E-state index < -0.39 is 0 Å². The molecule has 0 saturated heterocycles. The fourth-order valence-corrected chi connectivity index (χ4v) is 3.45. The van der Waals surface area contributed by atoms with E-state index in [2.05, 4.69) is 13.0 Å². The zero-order chi connectivity index (χ0) is 16.1. The molecule has 0 amide bonds. The Hall–Kier alpha value is -1.90. The number of fused-ring (bicyclic) bond motifs is 5. The molecule has 3 nitrogen and oxygen atoms in total. The number of rotatable bonds is 0. The van der Waals surface area contributed by atoms with Gasteiger partial charge in [0.05, 0.1) is 5.92 Å². The van der Waals surface area contributed by atoms with Crippen molar-refractivity contribution in [3.8, 4) is 0 Å². The molecule has 4 rings (SSSR count). The van der Waals surface area contributed by atoms with Crippen LogP contribution in [0.4, 0.5) is 0 Å². The van der Waals surface area contributed by atoms with Gasteiger partial charge in [-0.15, -0.1) is 0 Å². The van der Waals surface area contributed by atoms with Crippen LogP contribution in [-0.2, 0) is 14.3 Å². The zero-order valence-corrected chi connectivity index (χ0v) is 13.6. The van der Waals surface area contributed by atoms with E-state index in [1.54, 1.807) is 19.1 Å². The van der Waals surface area contributed by atoms with Crippen LogP contribution in [0.5, 0.6) is 0 Å². The van der Waals surface area contributed by atoms with Gasteiger partial charge in [0.25, 0.3) is 0 Å². The second-order valence-corrected chi connectivity index (χ2v) is 7.29. The fraction of sp³-hybridized carbons (Fsp3) is 0.474. The maximum atomic E-state index is 12.6. The summed E-state index contributed by atoms with van der Waals surface area (Å²) in [6, 6.07) is 0. The summed E-state index contributed by atoms with van der Waals surface area (Å²) >= 11 is 0. The van der Waals surface area contributed by atoms with E-state index in [9.17, 15) is 9.59 Å².